The van der Waals surface area contributed by atoms with Gasteiger partial charge in [0.25, 0.3) is 0 Å². The number of pyridine rings is 1. The molecule has 1 aromatic rings. The van der Waals surface area contributed by atoms with Crippen LogP contribution < -0.4 is 0 Å². The lowest BCUT2D eigenvalue weighted by Crippen LogP contribution is -1.91. The fraction of sp³-hybridized carbons (Fsp3) is 0.250. The highest BCUT2D eigenvalue weighted by atomic mass is 79.9. The normalized spacial score (nSPS) is 9.27. The Labute approximate surface area is 74.0 Å². The number of rotatable bonds is 0. The molecular formula is C8H7BrN2. The maximum absolute atomic E-state index is 8.61. The van der Waals surface area contributed by atoms with Crippen molar-refractivity contribution in [3.63, 3.8) is 0 Å². The lowest BCUT2D eigenvalue weighted by Gasteiger charge is -1.99. The van der Waals surface area contributed by atoms with Crippen molar-refractivity contribution >= 4 is 15.9 Å². The monoisotopic (exact) mass is 210 g/mol. The maximum atomic E-state index is 8.61. The van der Waals surface area contributed by atoms with Crippen LogP contribution >= 0.6 is 15.9 Å². The van der Waals surface area contributed by atoms with Crippen molar-refractivity contribution in [2.75, 3.05) is 0 Å². The van der Waals surface area contributed by atoms with E-state index in [0.717, 1.165) is 15.7 Å². The number of nitrogens with zero attached hydrogens (tertiary/aromatic N) is 2. The molecule has 0 aliphatic carbocycles. The lowest BCUT2D eigenvalue weighted by molar-refractivity contribution is 1.12. The van der Waals surface area contributed by atoms with Crippen LogP contribution in [0.2, 0.25) is 0 Å². The topological polar surface area (TPSA) is 36.7 Å². The molecule has 0 unspecified atom stereocenters. The smallest absolute Gasteiger partial charge is 0.143 e. The number of aromatic nitrogens is 1. The summed E-state index contributed by atoms with van der Waals surface area (Å²) in [4.78, 5) is 4.08. The summed E-state index contributed by atoms with van der Waals surface area (Å²) in [5.74, 6) is 0. The summed E-state index contributed by atoms with van der Waals surface area (Å²) in [5, 5.41) is 8.61. The fourth-order valence-corrected chi connectivity index (χ4v) is 1.22. The third-order valence-electron chi connectivity index (χ3n) is 1.45. The predicted molar refractivity (Wildman–Crippen MR) is 46.1 cm³/mol. The Balaban J connectivity index is 3.35. The first-order chi connectivity index (χ1) is 5.15. The van der Waals surface area contributed by atoms with Crippen molar-refractivity contribution < 1.29 is 0 Å². The van der Waals surface area contributed by atoms with Crippen molar-refractivity contribution in [2.24, 2.45) is 0 Å². The maximum Gasteiger partial charge on any atom is 0.143 e. The molecule has 0 bridgehead atoms. The number of halogens is 1. The van der Waals surface area contributed by atoms with Crippen LogP contribution in [0.3, 0.4) is 0 Å². The summed E-state index contributed by atoms with van der Waals surface area (Å²) in [6, 6.07) is 3.93. The average Bonchev–Trinajstić information content (AvgIpc) is 1.97. The van der Waals surface area contributed by atoms with E-state index in [1.54, 1.807) is 0 Å². The van der Waals surface area contributed by atoms with Crippen molar-refractivity contribution in [3.05, 3.63) is 27.5 Å². The van der Waals surface area contributed by atoms with Gasteiger partial charge in [0, 0.05) is 4.47 Å². The summed E-state index contributed by atoms with van der Waals surface area (Å²) in [6.07, 6.45) is 0. The predicted octanol–water partition coefficient (Wildman–Crippen LogP) is 2.33. The molecule has 1 rings (SSSR count). The minimum atomic E-state index is 0.505. The Kier molecular flexibility index (Phi) is 2.25. The lowest BCUT2D eigenvalue weighted by atomic mass is 10.2. The molecule has 0 aromatic carbocycles. The molecule has 1 aromatic heterocycles. The molecule has 0 radical (unpaired) electrons. The van der Waals surface area contributed by atoms with Crippen LogP contribution in [-0.2, 0) is 0 Å². The molecule has 0 aliphatic heterocycles. The van der Waals surface area contributed by atoms with Gasteiger partial charge in [-0.25, -0.2) is 4.98 Å². The molecule has 11 heavy (non-hydrogen) atoms. The van der Waals surface area contributed by atoms with Gasteiger partial charge >= 0.3 is 0 Å². The summed E-state index contributed by atoms with van der Waals surface area (Å²) in [5.41, 5.74) is 2.27. The SMILES string of the molecule is Cc1cc(Br)c(C)nc1C#N. The zero-order valence-corrected chi connectivity index (χ0v) is 7.94. The molecule has 0 saturated carbocycles. The molecule has 3 heteroatoms. The van der Waals surface area contributed by atoms with Gasteiger partial charge in [-0.05, 0) is 41.4 Å². The molecule has 56 valence electrons. The van der Waals surface area contributed by atoms with Crippen molar-refractivity contribution in [1.29, 1.82) is 5.26 Å². The van der Waals surface area contributed by atoms with Crippen LogP contribution in [0, 0.1) is 25.2 Å². The zero-order chi connectivity index (χ0) is 8.43. The minimum Gasteiger partial charge on any atom is -0.241 e. The van der Waals surface area contributed by atoms with E-state index in [2.05, 4.69) is 20.9 Å². The van der Waals surface area contributed by atoms with Gasteiger partial charge in [-0.3, -0.25) is 0 Å². The van der Waals surface area contributed by atoms with E-state index in [9.17, 15) is 0 Å². The highest BCUT2D eigenvalue weighted by Crippen LogP contribution is 2.16. The molecule has 0 aliphatic rings. The Bertz CT molecular complexity index is 326. The van der Waals surface area contributed by atoms with Crippen LogP contribution in [0.15, 0.2) is 10.5 Å². The van der Waals surface area contributed by atoms with Gasteiger partial charge in [-0.15, -0.1) is 0 Å². The quantitative estimate of drug-likeness (QED) is 0.660. The standard InChI is InChI=1S/C8H7BrN2/c1-5-3-7(9)6(2)11-8(5)4-10/h3H,1-2H3. The van der Waals surface area contributed by atoms with E-state index < -0.39 is 0 Å². The first-order valence-electron chi connectivity index (χ1n) is 3.19. The van der Waals surface area contributed by atoms with Gasteiger partial charge in [0.05, 0.1) is 5.69 Å². The Hall–Kier alpha value is -0.880. The third kappa shape index (κ3) is 1.58. The van der Waals surface area contributed by atoms with Crippen molar-refractivity contribution in [2.45, 2.75) is 13.8 Å². The molecule has 0 fully saturated rings. The second kappa shape index (κ2) is 3.02. The van der Waals surface area contributed by atoms with Crippen molar-refractivity contribution in [3.8, 4) is 6.07 Å². The van der Waals surface area contributed by atoms with Gasteiger partial charge in [-0.2, -0.15) is 5.26 Å². The van der Waals surface area contributed by atoms with E-state index >= 15 is 0 Å². The average molecular weight is 211 g/mol. The molecule has 0 N–H and O–H groups in total. The van der Waals surface area contributed by atoms with Crippen LogP contribution in [0.4, 0.5) is 0 Å². The van der Waals surface area contributed by atoms with E-state index in [-0.39, 0.29) is 0 Å². The highest BCUT2D eigenvalue weighted by Gasteiger charge is 2.01. The second-order valence-corrected chi connectivity index (χ2v) is 3.19. The fourth-order valence-electron chi connectivity index (χ4n) is 0.785. The minimum absolute atomic E-state index is 0.505. The Morgan fingerprint density at radius 3 is 2.73 bits per heavy atom. The third-order valence-corrected chi connectivity index (χ3v) is 2.25. The molecule has 0 atom stereocenters. The Morgan fingerprint density at radius 2 is 2.18 bits per heavy atom. The summed E-state index contributed by atoms with van der Waals surface area (Å²) >= 11 is 3.34. The summed E-state index contributed by atoms with van der Waals surface area (Å²) < 4.78 is 0.953. The molecule has 0 spiro atoms. The Morgan fingerprint density at radius 1 is 1.55 bits per heavy atom. The first-order valence-corrected chi connectivity index (χ1v) is 3.98. The van der Waals surface area contributed by atoms with Crippen molar-refractivity contribution in [1.82, 2.24) is 4.98 Å². The first kappa shape index (κ1) is 8.22. The number of aryl methyl sites for hydroxylation is 2. The summed E-state index contributed by atoms with van der Waals surface area (Å²) in [7, 11) is 0. The number of hydrogen-bond acceptors (Lipinski definition) is 2. The van der Waals surface area contributed by atoms with Gasteiger partial charge in [0.1, 0.15) is 11.8 Å². The van der Waals surface area contributed by atoms with E-state index in [1.807, 2.05) is 26.0 Å². The van der Waals surface area contributed by atoms with Gasteiger partial charge < -0.3 is 0 Å². The number of nitriles is 1. The van der Waals surface area contributed by atoms with Crippen LogP contribution in [0.25, 0.3) is 0 Å². The van der Waals surface area contributed by atoms with Gasteiger partial charge in [0.2, 0.25) is 0 Å². The second-order valence-electron chi connectivity index (χ2n) is 2.33. The van der Waals surface area contributed by atoms with E-state index in [4.69, 9.17) is 5.26 Å². The highest BCUT2D eigenvalue weighted by molar-refractivity contribution is 9.10. The zero-order valence-electron chi connectivity index (χ0n) is 6.35. The number of hydrogen-bond donors (Lipinski definition) is 0. The van der Waals surface area contributed by atoms with Gasteiger partial charge in [0.15, 0.2) is 0 Å². The molecule has 2 nitrogen and oxygen atoms in total. The van der Waals surface area contributed by atoms with Crippen LogP contribution in [0.5, 0.6) is 0 Å². The summed E-state index contributed by atoms with van der Waals surface area (Å²) in [6.45, 7) is 3.74. The van der Waals surface area contributed by atoms with E-state index in [0.29, 0.717) is 5.69 Å². The van der Waals surface area contributed by atoms with Gasteiger partial charge in [-0.1, -0.05) is 0 Å². The molecule has 0 amide bonds. The largest absolute Gasteiger partial charge is 0.241 e. The molecule has 0 saturated heterocycles. The van der Waals surface area contributed by atoms with E-state index in [1.165, 1.54) is 0 Å². The molecular weight excluding hydrogens is 204 g/mol. The molecule has 1 heterocycles. The van der Waals surface area contributed by atoms with Crippen LogP contribution in [-0.4, -0.2) is 4.98 Å². The van der Waals surface area contributed by atoms with Crippen LogP contribution in [0.1, 0.15) is 17.0 Å².